The molecule has 2 aromatic rings. The first-order chi connectivity index (χ1) is 8.65. The van der Waals surface area contributed by atoms with Gasteiger partial charge in [0.25, 0.3) is 0 Å². The van der Waals surface area contributed by atoms with Crippen LogP contribution in [0.3, 0.4) is 0 Å². The van der Waals surface area contributed by atoms with Crippen LogP contribution in [-0.4, -0.2) is 0 Å². The van der Waals surface area contributed by atoms with E-state index in [2.05, 4.69) is 66.8 Å². The van der Waals surface area contributed by atoms with Crippen molar-refractivity contribution in [3.63, 3.8) is 0 Å². The topological polar surface area (TPSA) is 23.8 Å². The lowest BCUT2D eigenvalue weighted by Crippen LogP contribution is -1.91. The molecule has 0 heterocycles. The summed E-state index contributed by atoms with van der Waals surface area (Å²) in [6.07, 6.45) is 0.988. The minimum absolute atomic E-state index is 0.748. The van der Waals surface area contributed by atoms with Crippen molar-refractivity contribution in [2.24, 2.45) is 0 Å². The Labute approximate surface area is 122 Å². The normalized spacial score (nSPS) is 10.1. The van der Waals surface area contributed by atoms with Gasteiger partial charge in [-0.05, 0) is 76.9 Å². The second-order valence-corrected chi connectivity index (χ2v) is 5.55. The van der Waals surface area contributed by atoms with E-state index in [9.17, 15) is 5.26 Å². The van der Waals surface area contributed by atoms with E-state index in [1.807, 2.05) is 12.1 Å². The maximum atomic E-state index is 9.25. The highest BCUT2D eigenvalue weighted by Crippen LogP contribution is 2.29. The van der Waals surface area contributed by atoms with Crippen LogP contribution in [0.25, 0.3) is 11.1 Å². The average Bonchev–Trinajstić information content (AvgIpc) is 2.40. The number of benzene rings is 2. The Morgan fingerprint density at radius 2 is 1.89 bits per heavy atom. The second-order valence-electron chi connectivity index (χ2n) is 4.30. The van der Waals surface area contributed by atoms with Crippen LogP contribution in [0, 0.1) is 21.8 Å². The van der Waals surface area contributed by atoms with Gasteiger partial charge in [-0.1, -0.05) is 19.1 Å². The van der Waals surface area contributed by atoms with Crippen LogP contribution in [0.5, 0.6) is 0 Å². The fraction of sp³-hybridized carbons (Fsp3) is 0.188. The zero-order valence-electron chi connectivity index (χ0n) is 10.5. The van der Waals surface area contributed by atoms with Crippen LogP contribution in [-0.2, 0) is 6.42 Å². The molecule has 0 N–H and O–H groups in total. The van der Waals surface area contributed by atoms with Gasteiger partial charge in [0.2, 0.25) is 0 Å². The van der Waals surface area contributed by atoms with Crippen molar-refractivity contribution < 1.29 is 0 Å². The van der Waals surface area contributed by atoms with E-state index >= 15 is 0 Å². The molecule has 0 aliphatic rings. The molecule has 0 aliphatic heterocycles. The monoisotopic (exact) mass is 347 g/mol. The Hall–Kier alpha value is -1.34. The molecule has 0 aromatic heterocycles. The van der Waals surface area contributed by atoms with Gasteiger partial charge < -0.3 is 0 Å². The minimum Gasteiger partial charge on any atom is -0.192 e. The van der Waals surface area contributed by atoms with Crippen LogP contribution in [0.2, 0.25) is 0 Å². The van der Waals surface area contributed by atoms with Crippen LogP contribution in [0.1, 0.15) is 23.6 Å². The van der Waals surface area contributed by atoms with Crippen molar-refractivity contribution in [2.75, 3.05) is 0 Å². The summed E-state index contributed by atoms with van der Waals surface area (Å²) in [7, 11) is 0. The summed E-state index contributed by atoms with van der Waals surface area (Å²) in [6, 6.07) is 14.7. The summed E-state index contributed by atoms with van der Waals surface area (Å²) >= 11 is 2.31. The van der Waals surface area contributed by atoms with Crippen molar-refractivity contribution in [2.45, 2.75) is 20.3 Å². The SMILES string of the molecule is CCc1ccc(C#N)c(-c2cc(I)ccc2C)c1. The van der Waals surface area contributed by atoms with Crippen LogP contribution >= 0.6 is 22.6 Å². The summed E-state index contributed by atoms with van der Waals surface area (Å²) in [6.45, 7) is 4.22. The molecule has 0 saturated heterocycles. The molecule has 0 radical (unpaired) electrons. The van der Waals surface area contributed by atoms with Crippen molar-refractivity contribution in [3.8, 4) is 17.2 Å². The number of aryl methyl sites for hydroxylation is 2. The van der Waals surface area contributed by atoms with E-state index in [0.29, 0.717) is 0 Å². The molecule has 0 fully saturated rings. The van der Waals surface area contributed by atoms with Gasteiger partial charge in [0.05, 0.1) is 11.6 Å². The third-order valence-electron chi connectivity index (χ3n) is 3.10. The number of hydrogen-bond acceptors (Lipinski definition) is 1. The first-order valence-corrected chi connectivity index (χ1v) is 7.03. The molecular formula is C16H14IN. The zero-order chi connectivity index (χ0) is 13.1. The maximum Gasteiger partial charge on any atom is 0.0998 e. The van der Waals surface area contributed by atoms with Gasteiger partial charge >= 0.3 is 0 Å². The minimum atomic E-state index is 0.748. The number of nitrogens with zero attached hydrogens (tertiary/aromatic N) is 1. The van der Waals surface area contributed by atoms with Gasteiger partial charge in [-0.3, -0.25) is 0 Å². The van der Waals surface area contributed by atoms with Crippen molar-refractivity contribution in [3.05, 3.63) is 56.7 Å². The van der Waals surface area contributed by atoms with Gasteiger partial charge in [-0.25, -0.2) is 0 Å². The van der Waals surface area contributed by atoms with E-state index < -0.39 is 0 Å². The second kappa shape index (κ2) is 5.53. The summed E-state index contributed by atoms with van der Waals surface area (Å²) in [4.78, 5) is 0. The lowest BCUT2D eigenvalue weighted by Gasteiger charge is -2.10. The lowest BCUT2D eigenvalue weighted by atomic mass is 9.94. The first kappa shape index (κ1) is 13.1. The van der Waals surface area contributed by atoms with E-state index in [1.54, 1.807) is 0 Å². The predicted octanol–water partition coefficient (Wildman–Crippen LogP) is 4.70. The van der Waals surface area contributed by atoms with E-state index in [-0.39, 0.29) is 0 Å². The summed E-state index contributed by atoms with van der Waals surface area (Å²) in [5.74, 6) is 0. The standard InChI is InChI=1S/C16H14IN/c1-3-12-5-6-13(10-18)16(8-12)15-9-14(17)7-4-11(15)2/h4-9H,3H2,1-2H3. The first-order valence-electron chi connectivity index (χ1n) is 5.95. The van der Waals surface area contributed by atoms with Gasteiger partial charge in [-0.15, -0.1) is 0 Å². The highest BCUT2D eigenvalue weighted by Gasteiger charge is 2.09. The molecule has 2 rings (SSSR count). The molecule has 2 heteroatoms. The van der Waals surface area contributed by atoms with Gasteiger partial charge in [-0.2, -0.15) is 5.26 Å². The zero-order valence-corrected chi connectivity index (χ0v) is 12.7. The number of nitriles is 1. The van der Waals surface area contributed by atoms with E-state index in [1.165, 1.54) is 14.7 Å². The molecular weight excluding hydrogens is 333 g/mol. The summed E-state index contributed by atoms with van der Waals surface area (Å²) in [5.41, 5.74) is 5.43. The Bertz CT molecular complexity index is 623. The third kappa shape index (κ3) is 2.56. The molecule has 2 aromatic carbocycles. The summed E-state index contributed by atoms with van der Waals surface area (Å²) < 4.78 is 1.19. The van der Waals surface area contributed by atoms with Crippen molar-refractivity contribution in [1.29, 1.82) is 5.26 Å². The largest absolute Gasteiger partial charge is 0.192 e. The Kier molecular flexibility index (Phi) is 4.03. The molecule has 90 valence electrons. The van der Waals surface area contributed by atoms with Gasteiger partial charge in [0.1, 0.15) is 0 Å². The smallest absolute Gasteiger partial charge is 0.0998 e. The number of halogens is 1. The van der Waals surface area contributed by atoms with E-state index in [0.717, 1.165) is 23.1 Å². The Morgan fingerprint density at radius 1 is 1.11 bits per heavy atom. The Balaban J connectivity index is 2.69. The molecule has 0 spiro atoms. The van der Waals surface area contributed by atoms with Crippen molar-refractivity contribution >= 4 is 22.6 Å². The molecule has 1 nitrogen and oxygen atoms in total. The van der Waals surface area contributed by atoms with Gasteiger partial charge in [0, 0.05) is 9.13 Å². The molecule has 18 heavy (non-hydrogen) atoms. The highest BCUT2D eigenvalue weighted by atomic mass is 127. The third-order valence-corrected chi connectivity index (χ3v) is 3.77. The van der Waals surface area contributed by atoms with Gasteiger partial charge in [0.15, 0.2) is 0 Å². The maximum absolute atomic E-state index is 9.25. The molecule has 0 amide bonds. The summed E-state index contributed by atoms with van der Waals surface area (Å²) in [5, 5.41) is 9.25. The van der Waals surface area contributed by atoms with E-state index in [4.69, 9.17) is 0 Å². The average molecular weight is 347 g/mol. The number of hydrogen-bond donors (Lipinski definition) is 0. The molecule has 0 aliphatic carbocycles. The number of rotatable bonds is 2. The fourth-order valence-corrected chi connectivity index (χ4v) is 2.51. The Morgan fingerprint density at radius 3 is 2.56 bits per heavy atom. The molecule has 0 saturated carbocycles. The quantitative estimate of drug-likeness (QED) is 0.723. The highest BCUT2D eigenvalue weighted by molar-refractivity contribution is 14.1. The molecule has 0 unspecified atom stereocenters. The molecule has 0 bridgehead atoms. The lowest BCUT2D eigenvalue weighted by molar-refractivity contribution is 1.14. The predicted molar refractivity (Wildman–Crippen MR) is 83.4 cm³/mol. The van der Waals surface area contributed by atoms with Crippen LogP contribution < -0.4 is 0 Å². The fourth-order valence-electron chi connectivity index (χ4n) is 2.02. The van der Waals surface area contributed by atoms with Crippen molar-refractivity contribution in [1.82, 2.24) is 0 Å². The van der Waals surface area contributed by atoms with Crippen LogP contribution in [0.15, 0.2) is 36.4 Å². The van der Waals surface area contributed by atoms with Crippen LogP contribution in [0.4, 0.5) is 0 Å². The molecule has 0 atom stereocenters.